The number of furan rings is 1. The normalized spacial score (nSPS) is 11.5. The van der Waals surface area contributed by atoms with E-state index in [-0.39, 0.29) is 0 Å². The lowest BCUT2D eigenvalue weighted by Crippen LogP contribution is -2.13. The predicted octanol–water partition coefficient (Wildman–Crippen LogP) is 16.8. The molecule has 3 heteroatoms. The molecular formula is C60H40N2O. The number of fused-ring (bicyclic) bond motifs is 6. The van der Waals surface area contributed by atoms with Crippen LogP contribution in [0.15, 0.2) is 247 Å². The molecule has 0 N–H and O–H groups in total. The van der Waals surface area contributed by atoms with Gasteiger partial charge in [0, 0.05) is 44.0 Å². The van der Waals surface area contributed by atoms with Crippen molar-refractivity contribution >= 4 is 60.8 Å². The van der Waals surface area contributed by atoms with Crippen molar-refractivity contribution in [3.63, 3.8) is 0 Å². The SMILES string of the molecule is c1ccc(-c2cccc(-c3ccccc3)c2N(c2ccc(-c3ccc(-c4cccc5c4c4ccccc4n5-c4ccccc4)cc3)cc2)c2cccc3c2oc2ccccc23)cc1. The van der Waals surface area contributed by atoms with Gasteiger partial charge in [0.1, 0.15) is 5.58 Å². The number of rotatable bonds is 8. The highest BCUT2D eigenvalue weighted by atomic mass is 16.3. The summed E-state index contributed by atoms with van der Waals surface area (Å²) in [6.07, 6.45) is 0. The van der Waals surface area contributed by atoms with Gasteiger partial charge >= 0.3 is 0 Å². The Morgan fingerprint density at radius 1 is 0.333 bits per heavy atom. The van der Waals surface area contributed by atoms with Gasteiger partial charge in [-0.2, -0.15) is 0 Å². The third kappa shape index (κ3) is 6.21. The first-order valence-corrected chi connectivity index (χ1v) is 21.5. The van der Waals surface area contributed by atoms with E-state index >= 15 is 0 Å². The summed E-state index contributed by atoms with van der Waals surface area (Å²) in [7, 11) is 0. The average molecular weight is 805 g/mol. The number of aromatic nitrogens is 1. The summed E-state index contributed by atoms with van der Waals surface area (Å²) in [5.74, 6) is 0. The monoisotopic (exact) mass is 804 g/mol. The van der Waals surface area contributed by atoms with E-state index in [1.807, 2.05) is 6.07 Å². The summed E-state index contributed by atoms with van der Waals surface area (Å²) in [6, 6.07) is 86.9. The second-order valence-electron chi connectivity index (χ2n) is 16.0. The van der Waals surface area contributed by atoms with Crippen molar-refractivity contribution in [2.24, 2.45) is 0 Å². The number of benzene rings is 10. The molecule has 10 aromatic carbocycles. The molecule has 0 saturated carbocycles. The molecule has 0 fully saturated rings. The van der Waals surface area contributed by atoms with Crippen LogP contribution >= 0.6 is 0 Å². The van der Waals surface area contributed by atoms with Crippen LogP contribution in [0.5, 0.6) is 0 Å². The minimum absolute atomic E-state index is 0.849. The fraction of sp³-hybridized carbons (Fsp3) is 0. The molecule has 0 spiro atoms. The molecule has 2 aromatic heterocycles. The lowest BCUT2D eigenvalue weighted by atomic mass is 9.94. The van der Waals surface area contributed by atoms with Crippen molar-refractivity contribution in [1.29, 1.82) is 0 Å². The molecule has 63 heavy (non-hydrogen) atoms. The number of hydrogen-bond donors (Lipinski definition) is 0. The summed E-state index contributed by atoms with van der Waals surface area (Å²) in [5.41, 5.74) is 17.6. The van der Waals surface area contributed by atoms with E-state index in [0.717, 1.165) is 78.1 Å². The van der Waals surface area contributed by atoms with Crippen LogP contribution in [0, 0.1) is 0 Å². The maximum absolute atomic E-state index is 6.77. The molecule has 12 aromatic rings. The highest BCUT2D eigenvalue weighted by Gasteiger charge is 2.25. The molecule has 0 aliphatic carbocycles. The lowest BCUT2D eigenvalue weighted by molar-refractivity contribution is 0.669. The Labute approximate surface area is 366 Å². The highest BCUT2D eigenvalue weighted by Crippen LogP contribution is 2.49. The van der Waals surface area contributed by atoms with Gasteiger partial charge in [-0.3, -0.25) is 0 Å². The second-order valence-corrected chi connectivity index (χ2v) is 16.0. The molecule has 0 amide bonds. The molecule has 0 bridgehead atoms. The first-order valence-electron chi connectivity index (χ1n) is 21.5. The van der Waals surface area contributed by atoms with E-state index in [1.54, 1.807) is 0 Å². The molecule has 3 nitrogen and oxygen atoms in total. The van der Waals surface area contributed by atoms with Gasteiger partial charge in [-0.25, -0.2) is 0 Å². The quantitative estimate of drug-likeness (QED) is 0.153. The van der Waals surface area contributed by atoms with Crippen molar-refractivity contribution in [3.05, 3.63) is 243 Å². The van der Waals surface area contributed by atoms with Gasteiger partial charge in [0.15, 0.2) is 5.58 Å². The summed E-state index contributed by atoms with van der Waals surface area (Å²) in [4.78, 5) is 2.40. The molecule has 12 rings (SSSR count). The van der Waals surface area contributed by atoms with Gasteiger partial charge in [-0.15, -0.1) is 0 Å². The lowest BCUT2D eigenvalue weighted by Gasteiger charge is -2.30. The first kappa shape index (κ1) is 36.5. The summed E-state index contributed by atoms with van der Waals surface area (Å²) in [5, 5.41) is 4.70. The highest BCUT2D eigenvalue weighted by molar-refractivity contribution is 6.16. The van der Waals surface area contributed by atoms with Gasteiger partial charge in [0.25, 0.3) is 0 Å². The largest absolute Gasteiger partial charge is 0.454 e. The van der Waals surface area contributed by atoms with Crippen LogP contribution in [-0.2, 0) is 0 Å². The third-order valence-electron chi connectivity index (χ3n) is 12.4. The van der Waals surface area contributed by atoms with E-state index in [1.165, 1.54) is 32.9 Å². The Hall–Kier alpha value is -8.40. The molecule has 296 valence electrons. The van der Waals surface area contributed by atoms with Gasteiger partial charge < -0.3 is 13.9 Å². The zero-order valence-electron chi connectivity index (χ0n) is 34.4. The summed E-state index contributed by atoms with van der Waals surface area (Å²) in [6.45, 7) is 0. The first-order chi connectivity index (χ1) is 31.3. The van der Waals surface area contributed by atoms with Crippen molar-refractivity contribution in [3.8, 4) is 50.2 Å². The molecule has 0 saturated heterocycles. The fourth-order valence-corrected chi connectivity index (χ4v) is 9.54. The second kappa shape index (κ2) is 15.3. The molecule has 0 unspecified atom stereocenters. The smallest absolute Gasteiger partial charge is 0.159 e. The van der Waals surface area contributed by atoms with Crippen LogP contribution < -0.4 is 4.90 Å². The van der Waals surface area contributed by atoms with E-state index in [2.05, 4.69) is 246 Å². The molecule has 0 atom stereocenters. The molecule has 2 heterocycles. The van der Waals surface area contributed by atoms with Crippen molar-refractivity contribution < 1.29 is 4.42 Å². The van der Waals surface area contributed by atoms with Crippen molar-refractivity contribution in [2.45, 2.75) is 0 Å². The van der Waals surface area contributed by atoms with E-state index in [4.69, 9.17) is 4.42 Å². The molecule has 0 aliphatic heterocycles. The van der Waals surface area contributed by atoms with Gasteiger partial charge in [0.2, 0.25) is 0 Å². The fourth-order valence-electron chi connectivity index (χ4n) is 9.54. The minimum atomic E-state index is 0.849. The standard InChI is InChI=1S/C60H40N2O/c1-4-17-43(18-5-1)49-26-14-27-50(44-19-6-2-7-20-44)59(49)62(56-31-16-28-52-51-23-11-13-32-57(51)63-60(52)56)47-39-37-42(38-40-47)41-33-35-45(36-34-41)48-25-15-30-55-58(48)53-24-10-12-29-54(53)61(55)46-21-8-3-9-22-46/h1-40H. The zero-order valence-corrected chi connectivity index (χ0v) is 34.4. The van der Waals surface area contributed by atoms with E-state index in [9.17, 15) is 0 Å². The molecule has 0 radical (unpaired) electrons. The Bertz CT molecular complexity index is 3530. The predicted molar refractivity (Wildman–Crippen MR) is 264 cm³/mol. The van der Waals surface area contributed by atoms with Crippen LogP contribution in [0.4, 0.5) is 17.1 Å². The van der Waals surface area contributed by atoms with Crippen LogP contribution in [0.25, 0.3) is 93.9 Å². The van der Waals surface area contributed by atoms with Crippen LogP contribution in [0.3, 0.4) is 0 Å². The minimum Gasteiger partial charge on any atom is -0.454 e. The Kier molecular flexibility index (Phi) is 8.83. The summed E-state index contributed by atoms with van der Waals surface area (Å²) < 4.78 is 9.15. The van der Waals surface area contributed by atoms with Gasteiger partial charge in [-0.1, -0.05) is 194 Å². The Morgan fingerprint density at radius 2 is 0.825 bits per heavy atom. The molecule has 0 aliphatic rings. The van der Waals surface area contributed by atoms with Gasteiger partial charge in [-0.05, 0) is 81.9 Å². The van der Waals surface area contributed by atoms with E-state index in [0.29, 0.717) is 0 Å². The van der Waals surface area contributed by atoms with Crippen molar-refractivity contribution in [1.82, 2.24) is 4.57 Å². The number of nitrogens with zero attached hydrogens (tertiary/aromatic N) is 2. The summed E-state index contributed by atoms with van der Waals surface area (Å²) >= 11 is 0. The number of hydrogen-bond acceptors (Lipinski definition) is 2. The Balaban J connectivity index is 0.995. The van der Waals surface area contributed by atoms with Crippen LogP contribution in [0.2, 0.25) is 0 Å². The third-order valence-corrected chi connectivity index (χ3v) is 12.4. The van der Waals surface area contributed by atoms with E-state index < -0.39 is 0 Å². The van der Waals surface area contributed by atoms with Crippen LogP contribution in [-0.4, -0.2) is 4.57 Å². The van der Waals surface area contributed by atoms with Crippen molar-refractivity contribution in [2.75, 3.05) is 4.90 Å². The molecular weight excluding hydrogens is 765 g/mol. The number of para-hydroxylation sites is 5. The maximum atomic E-state index is 6.77. The Morgan fingerprint density at radius 3 is 1.52 bits per heavy atom. The van der Waals surface area contributed by atoms with Gasteiger partial charge in [0.05, 0.1) is 22.4 Å². The average Bonchev–Trinajstić information content (AvgIpc) is 3.92. The number of anilines is 3. The zero-order chi connectivity index (χ0) is 41.7. The van der Waals surface area contributed by atoms with Crippen LogP contribution in [0.1, 0.15) is 0 Å². The maximum Gasteiger partial charge on any atom is 0.159 e. The topological polar surface area (TPSA) is 21.3 Å².